The van der Waals surface area contributed by atoms with Crippen molar-refractivity contribution in [3.8, 4) is 11.5 Å². The van der Waals surface area contributed by atoms with Gasteiger partial charge in [-0.05, 0) is 50.2 Å². The normalized spacial score (nSPS) is 20.8. The van der Waals surface area contributed by atoms with E-state index in [1.807, 2.05) is 12.0 Å². The first-order valence-corrected chi connectivity index (χ1v) is 9.17. The number of aromatic amines is 1. The summed E-state index contributed by atoms with van der Waals surface area (Å²) in [5.74, 6) is -2.48. The molecule has 1 aliphatic carbocycles. The predicted molar refractivity (Wildman–Crippen MR) is 102 cm³/mol. The maximum atomic E-state index is 14.4. The molecule has 3 rings (SSSR count). The third-order valence-corrected chi connectivity index (χ3v) is 5.23. The average Bonchev–Trinajstić information content (AvgIpc) is 3.05. The van der Waals surface area contributed by atoms with Crippen LogP contribution in [-0.4, -0.2) is 22.3 Å². The van der Waals surface area contributed by atoms with Gasteiger partial charge in [0.15, 0.2) is 0 Å². The van der Waals surface area contributed by atoms with Crippen LogP contribution in [0.4, 0.5) is 23.2 Å². The lowest BCUT2D eigenvalue weighted by Crippen LogP contribution is -2.36. The molecule has 0 radical (unpaired) electrons. The molecule has 0 amide bonds. The smallest absolute Gasteiger partial charge is 0.388 e. The Labute approximate surface area is 170 Å². The number of rotatable bonds is 5. The van der Waals surface area contributed by atoms with Gasteiger partial charge in [-0.1, -0.05) is 6.92 Å². The van der Waals surface area contributed by atoms with Crippen LogP contribution >= 0.6 is 12.4 Å². The second kappa shape index (κ2) is 9.17. The van der Waals surface area contributed by atoms with Gasteiger partial charge >= 0.3 is 11.9 Å². The number of nitrogens with one attached hydrogen (secondary N) is 2. The zero-order valence-electron chi connectivity index (χ0n) is 15.7. The van der Waals surface area contributed by atoms with Crippen molar-refractivity contribution in [1.29, 1.82) is 0 Å². The number of anilines is 1. The Balaban J connectivity index is 0.00000300. The minimum absolute atomic E-state index is 0. The Hall–Kier alpha value is -2.07. The molecule has 0 aliphatic heterocycles. The van der Waals surface area contributed by atoms with Crippen LogP contribution in [0.5, 0.6) is 0 Å². The predicted octanol–water partition coefficient (Wildman–Crippen LogP) is 4.32. The number of hydrogen-bond donors (Lipinski definition) is 3. The van der Waals surface area contributed by atoms with E-state index in [0.29, 0.717) is 12.5 Å². The van der Waals surface area contributed by atoms with Gasteiger partial charge < -0.3 is 15.5 Å². The maximum absolute atomic E-state index is 14.4. The van der Waals surface area contributed by atoms with E-state index in [1.165, 1.54) is 0 Å². The van der Waals surface area contributed by atoms with E-state index in [1.54, 1.807) is 0 Å². The first kappa shape index (κ1) is 23.2. The Morgan fingerprint density at radius 3 is 2.48 bits per heavy atom. The van der Waals surface area contributed by atoms with Gasteiger partial charge in [-0.15, -0.1) is 17.5 Å². The lowest BCUT2D eigenvalue weighted by atomic mass is 9.81. The van der Waals surface area contributed by atoms with Crippen LogP contribution in [0.25, 0.3) is 11.5 Å². The molecule has 0 bridgehead atoms. The van der Waals surface area contributed by atoms with Crippen molar-refractivity contribution in [3.63, 3.8) is 0 Å². The van der Waals surface area contributed by atoms with Crippen molar-refractivity contribution >= 4 is 18.1 Å². The molecule has 1 heterocycles. The van der Waals surface area contributed by atoms with E-state index in [2.05, 4.69) is 10.4 Å². The lowest BCUT2D eigenvalue weighted by Gasteiger charge is -2.34. The monoisotopic (exact) mass is 438 g/mol. The number of halogens is 5. The third-order valence-electron chi connectivity index (χ3n) is 5.23. The Kier molecular flexibility index (Phi) is 7.34. The van der Waals surface area contributed by atoms with Crippen molar-refractivity contribution < 1.29 is 22.0 Å². The maximum Gasteiger partial charge on any atom is 0.434 e. The quantitative estimate of drug-likeness (QED) is 0.604. The fraction of sp³-hybridized carbons (Fsp3) is 0.556. The number of aromatic nitrogens is 2. The summed E-state index contributed by atoms with van der Waals surface area (Å²) in [6.07, 6.45) is -1.11. The minimum atomic E-state index is -4.88. The van der Waals surface area contributed by atoms with E-state index in [9.17, 15) is 22.4 Å². The number of hydrogen-bond acceptors (Lipinski definition) is 5. The minimum Gasteiger partial charge on any atom is -0.388 e. The summed E-state index contributed by atoms with van der Waals surface area (Å²) in [5, 5.41) is 8.46. The van der Waals surface area contributed by atoms with E-state index in [4.69, 9.17) is 10.2 Å². The van der Waals surface area contributed by atoms with Gasteiger partial charge in [0.25, 0.3) is 0 Å². The van der Waals surface area contributed by atoms with Crippen molar-refractivity contribution in [1.82, 2.24) is 10.2 Å². The molecule has 1 aromatic heterocycles. The van der Waals surface area contributed by atoms with Crippen LogP contribution in [-0.2, 0) is 6.18 Å². The van der Waals surface area contributed by atoms with Gasteiger partial charge in [0.2, 0.25) is 5.89 Å². The highest BCUT2D eigenvalue weighted by molar-refractivity contribution is 5.85. The van der Waals surface area contributed by atoms with Crippen LogP contribution in [0, 0.1) is 11.7 Å². The molecule has 1 aromatic carbocycles. The highest BCUT2D eigenvalue weighted by Gasteiger charge is 2.39. The molecule has 0 saturated heterocycles. The molecule has 0 unspecified atom stereocenters. The molecular weight excluding hydrogens is 416 g/mol. The fourth-order valence-electron chi connectivity index (χ4n) is 3.79. The largest absolute Gasteiger partial charge is 0.434 e. The van der Waals surface area contributed by atoms with Crippen molar-refractivity contribution in [3.05, 3.63) is 34.1 Å². The molecular formula is C18H23ClF4N4O2. The Morgan fingerprint density at radius 1 is 1.31 bits per heavy atom. The lowest BCUT2D eigenvalue weighted by molar-refractivity contribution is -0.139. The molecule has 1 atom stereocenters. The number of nitrogens with two attached hydrogens (primary N) is 1. The van der Waals surface area contributed by atoms with E-state index < -0.39 is 29.0 Å². The van der Waals surface area contributed by atoms with Crippen LogP contribution in [0.1, 0.15) is 44.6 Å². The zero-order chi connectivity index (χ0) is 20.5. The van der Waals surface area contributed by atoms with Gasteiger partial charge in [0.1, 0.15) is 11.4 Å². The topological polar surface area (TPSA) is 96.9 Å². The first-order chi connectivity index (χ1) is 13.2. The van der Waals surface area contributed by atoms with Crippen LogP contribution in [0.3, 0.4) is 0 Å². The molecule has 2 aromatic rings. The summed E-state index contributed by atoms with van der Waals surface area (Å²) in [6, 6.07) is 1.62. The summed E-state index contributed by atoms with van der Waals surface area (Å²) in [5.41, 5.74) is 4.08. The zero-order valence-corrected chi connectivity index (χ0v) is 16.5. The molecule has 1 aliphatic rings. The van der Waals surface area contributed by atoms with Crippen molar-refractivity contribution in [2.45, 2.75) is 57.3 Å². The molecule has 1 fully saturated rings. The Bertz CT molecular complexity index is 875. The van der Waals surface area contributed by atoms with Gasteiger partial charge in [-0.3, -0.25) is 0 Å². The van der Waals surface area contributed by atoms with E-state index in [-0.39, 0.29) is 41.9 Å². The molecule has 0 spiro atoms. The highest BCUT2D eigenvalue weighted by atomic mass is 35.5. The van der Waals surface area contributed by atoms with Gasteiger partial charge in [-0.2, -0.15) is 13.2 Å². The summed E-state index contributed by atoms with van der Waals surface area (Å²) in [6.45, 7) is 1.87. The third kappa shape index (κ3) is 5.30. The summed E-state index contributed by atoms with van der Waals surface area (Å²) in [4.78, 5) is 11.1. The van der Waals surface area contributed by atoms with E-state index in [0.717, 1.165) is 31.7 Å². The SMILES string of the molecule is CC[C@H](Nc1cc(-c2n[nH]c(=O)o2)cc(F)c1C(F)(F)F)C1CCC(N)CC1.Cl. The molecule has 4 N–H and O–H groups in total. The molecule has 6 nitrogen and oxygen atoms in total. The second-order valence-corrected chi connectivity index (χ2v) is 7.13. The fourth-order valence-corrected chi connectivity index (χ4v) is 3.79. The standard InChI is InChI=1S/C18H22F4N4O2.ClH/c1-2-13(9-3-5-11(23)6-4-9)24-14-8-10(16-25-26-17(27)28-16)7-12(19)15(14)18(20,21)22;/h7-9,11,13,24H,2-6,23H2,1H3,(H,26,27);1H/t9?,11?,13-;/m0./s1. The van der Waals surface area contributed by atoms with Gasteiger partial charge in [-0.25, -0.2) is 14.3 Å². The molecule has 162 valence electrons. The number of alkyl halides is 3. The summed E-state index contributed by atoms with van der Waals surface area (Å²) < 4.78 is 59.7. The van der Waals surface area contributed by atoms with Crippen LogP contribution in [0.2, 0.25) is 0 Å². The van der Waals surface area contributed by atoms with E-state index >= 15 is 0 Å². The van der Waals surface area contributed by atoms with Crippen molar-refractivity contribution in [2.24, 2.45) is 11.7 Å². The second-order valence-electron chi connectivity index (χ2n) is 7.13. The van der Waals surface area contributed by atoms with Crippen molar-refractivity contribution in [2.75, 3.05) is 5.32 Å². The molecule has 11 heteroatoms. The van der Waals surface area contributed by atoms with Gasteiger partial charge in [0, 0.05) is 17.6 Å². The van der Waals surface area contributed by atoms with Crippen LogP contribution in [0.15, 0.2) is 21.3 Å². The summed E-state index contributed by atoms with van der Waals surface area (Å²) >= 11 is 0. The number of nitrogens with zero attached hydrogens (tertiary/aromatic N) is 1. The van der Waals surface area contributed by atoms with Crippen LogP contribution < -0.4 is 16.8 Å². The number of benzene rings is 1. The molecule has 29 heavy (non-hydrogen) atoms. The molecule has 1 saturated carbocycles. The highest BCUT2D eigenvalue weighted by Crippen LogP contribution is 2.40. The van der Waals surface area contributed by atoms with Gasteiger partial charge in [0.05, 0.1) is 5.69 Å². The first-order valence-electron chi connectivity index (χ1n) is 9.17. The average molecular weight is 439 g/mol. The Morgan fingerprint density at radius 2 is 1.97 bits per heavy atom. The number of H-pyrrole nitrogens is 1. The summed E-state index contributed by atoms with van der Waals surface area (Å²) in [7, 11) is 0.